The highest BCUT2D eigenvalue weighted by atomic mass is 16.5. The second kappa shape index (κ2) is 5.64. The number of hydrogen-bond donors (Lipinski definition) is 0. The van der Waals surface area contributed by atoms with E-state index in [1.54, 1.807) is 4.90 Å². The molecule has 0 N–H and O–H groups in total. The monoisotopic (exact) mass is 261 g/mol. The first kappa shape index (κ1) is 13.9. The highest BCUT2D eigenvalue weighted by molar-refractivity contribution is 5.96. The van der Waals surface area contributed by atoms with Crippen molar-refractivity contribution in [2.45, 2.75) is 33.6 Å². The number of hydrogen-bond acceptors (Lipinski definition) is 2. The molecule has 19 heavy (non-hydrogen) atoms. The molecule has 0 aliphatic carbocycles. The number of amides is 1. The van der Waals surface area contributed by atoms with Crippen LogP contribution in [0, 0.1) is 11.8 Å². The molecule has 0 saturated carbocycles. The zero-order chi connectivity index (χ0) is 14.0. The van der Waals surface area contributed by atoms with Crippen LogP contribution in [0.15, 0.2) is 18.2 Å². The van der Waals surface area contributed by atoms with Gasteiger partial charge in [-0.1, -0.05) is 26.8 Å². The van der Waals surface area contributed by atoms with Crippen molar-refractivity contribution in [1.82, 2.24) is 0 Å². The van der Waals surface area contributed by atoms with Crippen LogP contribution < -0.4 is 9.64 Å². The fraction of sp³-hybridized carbons (Fsp3) is 0.562. The van der Waals surface area contributed by atoms with E-state index in [0.717, 1.165) is 24.3 Å². The van der Waals surface area contributed by atoms with E-state index in [0.29, 0.717) is 12.5 Å². The molecule has 0 aromatic heterocycles. The summed E-state index contributed by atoms with van der Waals surface area (Å²) in [7, 11) is 1.83. The van der Waals surface area contributed by atoms with Crippen LogP contribution in [0.5, 0.6) is 5.75 Å². The molecule has 1 amide bonds. The molecule has 1 heterocycles. The van der Waals surface area contributed by atoms with Crippen molar-refractivity contribution in [3.63, 3.8) is 0 Å². The van der Waals surface area contributed by atoms with Gasteiger partial charge in [0.25, 0.3) is 0 Å². The Labute approximate surface area is 115 Å². The molecule has 1 aromatic rings. The number of nitrogens with zero attached hydrogens (tertiary/aromatic N) is 1. The molecule has 2 rings (SSSR count). The minimum atomic E-state index is -0.0866. The Morgan fingerprint density at radius 3 is 2.84 bits per heavy atom. The number of carbonyl (C=O) groups excluding carboxylic acids is 1. The molecule has 3 heteroatoms. The highest BCUT2D eigenvalue weighted by Gasteiger charge is 2.25. The first-order valence-corrected chi connectivity index (χ1v) is 7.02. The molecule has 0 saturated heterocycles. The predicted molar refractivity (Wildman–Crippen MR) is 77.7 cm³/mol. The van der Waals surface area contributed by atoms with Gasteiger partial charge in [0, 0.05) is 7.05 Å². The Hall–Kier alpha value is -1.51. The van der Waals surface area contributed by atoms with Crippen molar-refractivity contribution in [3.8, 4) is 5.75 Å². The zero-order valence-electron chi connectivity index (χ0n) is 12.3. The third-order valence-electron chi connectivity index (χ3n) is 3.64. The Kier molecular flexibility index (Phi) is 4.13. The lowest BCUT2D eigenvalue weighted by Crippen LogP contribution is -2.31. The predicted octanol–water partition coefficient (Wildman–Crippen LogP) is 3.27. The van der Waals surface area contributed by atoms with Gasteiger partial charge in [0.15, 0.2) is 0 Å². The first-order chi connectivity index (χ1) is 8.99. The van der Waals surface area contributed by atoms with Crippen LogP contribution in [-0.2, 0) is 11.2 Å². The molecule has 1 aliphatic rings. The summed E-state index contributed by atoms with van der Waals surface area (Å²) in [5.41, 5.74) is 2.17. The maximum absolute atomic E-state index is 12.1. The van der Waals surface area contributed by atoms with Gasteiger partial charge in [0.1, 0.15) is 5.75 Å². The van der Waals surface area contributed by atoms with Crippen molar-refractivity contribution >= 4 is 11.6 Å². The van der Waals surface area contributed by atoms with Gasteiger partial charge in [-0.15, -0.1) is 0 Å². The van der Waals surface area contributed by atoms with E-state index in [1.165, 1.54) is 5.56 Å². The van der Waals surface area contributed by atoms with Gasteiger partial charge >= 0.3 is 0 Å². The van der Waals surface area contributed by atoms with E-state index in [4.69, 9.17) is 4.74 Å². The van der Waals surface area contributed by atoms with Gasteiger partial charge in [-0.3, -0.25) is 4.79 Å². The van der Waals surface area contributed by atoms with Crippen LogP contribution in [0.25, 0.3) is 0 Å². The molecule has 3 nitrogen and oxygen atoms in total. The van der Waals surface area contributed by atoms with E-state index < -0.39 is 0 Å². The number of aryl methyl sites for hydroxylation is 1. The van der Waals surface area contributed by atoms with Crippen LogP contribution in [0.2, 0.25) is 0 Å². The maximum atomic E-state index is 12.1. The lowest BCUT2D eigenvalue weighted by Gasteiger charge is -2.18. The fourth-order valence-corrected chi connectivity index (χ4v) is 2.29. The number of fused-ring (bicyclic) bond motifs is 1. The van der Waals surface area contributed by atoms with Crippen molar-refractivity contribution < 1.29 is 9.53 Å². The van der Waals surface area contributed by atoms with E-state index in [-0.39, 0.29) is 11.8 Å². The summed E-state index contributed by atoms with van der Waals surface area (Å²) in [6.07, 6.45) is 2.20. The standard InChI is InChI=1S/C16H23NO2/c1-11(2)5-6-13-7-8-15-14(9-13)17(4)16(18)12(3)10-19-15/h7-9,11-12H,5-6,10H2,1-4H3/t12-/m0/s1. The summed E-state index contributed by atoms with van der Waals surface area (Å²) < 4.78 is 5.72. The third kappa shape index (κ3) is 3.09. The minimum absolute atomic E-state index is 0.0866. The summed E-state index contributed by atoms with van der Waals surface area (Å²) in [4.78, 5) is 13.9. The zero-order valence-corrected chi connectivity index (χ0v) is 12.3. The van der Waals surface area contributed by atoms with Crippen LogP contribution >= 0.6 is 0 Å². The van der Waals surface area contributed by atoms with Crippen LogP contribution in [0.3, 0.4) is 0 Å². The molecular formula is C16H23NO2. The van der Waals surface area contributed by atoms with Crippen molar-refractivity contribution in [2.75, 3.05) is 18.6 Å². The molecular weight excluding hydrogens is 238 g/mol. The average molecular weight is 261 g/mol. The molecule has 0 spiro atoms. The van der Waals surface area contributed by atoms with Crippen molar-refractivity contribution in [3.05, 3.63) is 23.8 Å². The Morgan fingerprint density at radius 2 is 2.16 bits per heavy atom. The summed E-state index contributed by atoms with van der Waals surface area (Å²) in [6.45, 7) is 6.82. The third-order valence-corrected chi connectivity index (χ3v) is 3.64. The van der Waals surface area contributed by atoms with E-state index in [1.807, 2.05) is 20.0 Å². The first-order valence-electron chi connectivity index (χ1n) is 7.02. The van der Waals surface area contributed by atoms with Gasteiger partial charge in [-0.2, -0.15) is 0 Å². The SMILES string of the molecule is CC(C)CCc1ccc2c(c1)N(C)C(=O)[C@@H](C)CO2. The molecule has 0 radical (unpaired) electrons. The number of anilines is 1. The smallest absolute Gasteiger partial charge is 0.233 e. The van der Waals surface area contributed by atoms with Crippen LogP contribution in [0.4, 0.5) is 5.69 Å². The number of ether oxygens (including phenoxy) is 1. The lowest BCUT2D eigenvalue weighted by atomic mass is 10.0. The summed E-state index contributed by atoms with van der Waals surface area (Å²) in [5.74, 6) is 1.54. The molecule has 1 atom stereocenters. The van der Waals surface area contributed by atoms with E-state index in [9.17, 15) is 4.79 Å². The minimum Gasteiger partial charge on any atom is -0.491 e. The average Bonchev–Trinajstić information content (AvgIpc) is 2.49. The Balaban J connectivity index is 2.25. The maximum Gasteiger partial charge on any atom is 0.233 e. The Morgan fingerprint density at radius 1 is 1.42 bits per heavy atom. The second-order valence-electron chi connectivity index (χ2n) is 5.84. The molecule has 0 unspecified atom stereocenters. The normalized spacial score (nSPS) is 19.1. The lowest BCUT2D eigenvalue weighted by molar-refractivity contribution is -0.122. The van der Waals surface area contributed by atoms with Gasteiger partial charge in [-0.05, 0) is 36.5 Å². The fourth-order valence-electron chi connectivity index (χ4n) is 2.29. The van der Waals surface area contributed by atoms with Gasteiger partial charge in [0.05, 0.1) is 18.2 Å². The topological polar surface area (TPSA) is 29.5 Å². The van der Waals surface area contributed by atoms with Crippen LogP contribution in [0.1, 0.15) is 32.8 Å². The van der Waals surface area contributed by atoms with Gasteiger partial charge < -0.3 is 9.64 Å². The molecule has 0 fully saturated rings. The Bertz CT molecular complexity index is 468. The number of benzene rings is 1. The molecule has 1 aromatic carbocycles. The largest absolute Gasteiger partial charge is 0.491 e. The van der Waals surface area contributed by atoms with Crippen molar-refractivity contribution in [1.29, 1.82) is 0 Å². The summed E-state index contributed by atoms with van der Waals surface area (Å²) >= 11 is 0. The highest BCUT2D eigenvalue weighted by Crippen LogP contribution is 2.33. The number of carbonyl (C=O) groups is 1. The molecule has 0 bridgehead atoms. The second-order valence-corrected chi connectivity index (χ2v) is 5.84. The summed E-state index contributed by atoms with van der Waals surface area (Å²) in [5, 5.41) is 0. The van der Waals surface area contributed by atoms with E-state index in [2.05, 4.69) is 26.0 Å². The molecule has 1 aliphatic heterocycles. The van der Waals surface area contributed by atoms with Crippen LogP contribution in [-0.4, -0.2) is 19.6 Å². The summed E-state index contributed by atoms with van der Waals surface area (Å²) in [6, 6.07) is 6.19. The van der Waals surface area contributed by atoms with Gasteiger partial charge in [0.2, 0.25) is 5.91 Å². The van der Waals surface area contributed by atoms with Crippen molar-refractivity contribution in [2.24, 2.45) is 11.8 Å². The van der Waals surface area contributed by atoms with Gasteiger partial charge in [-0.25, -0.2) is 0 Å². The quantitative estimate of drug-likeness (QED) is 0.835. The molecule has 104 valence electrons. The van der Waals surface area contributed by atoms with E-state index >= 15 is 0 Å². The number of rotatable bonds is 3.